The molecule has 0 fully saturated rings. The Kier molecular flexibility index (Phi) is 8.15. The standard InChI is InChI=1S/C7H16N4S/c1-3-4-5-12-7(10-6-8)11-9-2/h2-6,8H2,1H3,(H,10,11). The van der Waals surface area contributed by atoms with Crippen LogP contribution in [0.4, 0.5) is 0 Å². The minimum Gasteiger partial charge on any atom is -0.351 e. The van der Waals surface area contributed by atoms with E-state index < -0.39 is 0 Å². The molecule has 0 amide bonds. The first-order chi connectivity index (χ1) is 5.85. The molecular formula is C7H16N4S. The van der Waals surface area contributed by atoms with Crippen LogP contribution in [0.15, 0.2) is 10.2 Å². The fourth-order valence-electron chi connectivity index (χ4n) is 0.580. The fraction of sp³-hybridized carbons (Fsp3) is 0.714. The highest BCUT2D eigenvalue weighted by molar-refractivity contribution is 8.13. The Morgan fingerprint density at radius 3 is 2.92 bits per heavy atom. The third kappa shape index (κ3) is 6.18. The molecule has 0 aliphatic heterocycles. The summed E-state index contributed by atoms with van der Waals surface area (Å²) in [5.74, 6) is 1.04. The number of nitrogens with two attached hydrogens (primary N) is 1. The summed E-state index contributed by atoms with van der Waals surface area (Å²) in [5, 5.41) is 10.9. The minimum absolute atomic E-state index is 0.382. The third-order valence-electron chi connectivity index (χ3n) is 1.15. The van der Waals surface area contributed by atoms with Crippen molar-refractivity contribution in [2.45, 2.75) is 19.8 Å². The molecule has 12 heavy (non-hydrogen) atoms. The molecule has 70 valence electrons. The van der Waals surface area contributed by atoms with Crippen molar-refractivity contribution in [1.29, 1.82) is 0 Å². The summed E-state index contributed by atoms with van der Waals surface area (Å²) in [4.78, 5) is 0. The molecule has 0 heterocycles. The zero-order valence-corrected chi connectivity index (χ0v) is 8.23. The van der Waals surface area contributed by atoms with Crippen molar-refractivity contribution in [2.24, 2.45) is 15.9 Å². The molecule has 0 aliphatic rings. The number of rotatable bonds is 5. The maximum atomic E-state index is 5.30. The summed E-state index contributed by atoms with van der Waals surface area (Å²) in [6.45, 7) is 5.81. The molecule has 3 N–H and O–H groups in total. The summed E-state index contributed by atoms with van der Waals surface area (Å²) in [7, 11) is 0. The van der Waals surface area contributed by atoms with E-state index in [-0.39, 0.29) is 0 Å². The number of hydrogen-bond acceptors (Lipinski definition) is 4. The summed E-state index contributed by atoms with van der Waals surface area (Å²) < 4.78 is 0. The predicted octanol–water partition coefficient (Wildman–Crippen LogP) is 0.997. The van der Waals surface area contributed by atoms with Gasteiger partial charge >= 0.3 is 0 Å². The van der Waals surface area contributed by atoms with E-state index in [2.05, 4.69) is 29.2 Å². The van der Waals surface area contributed by atoms with Crippen LogP contribution < -0.4 is 11.1 Å². The average Bonchev–Trinajstić information content (AvgIpc) is 2.06. The monoisotopic (exact) mass is 188 g/mol. The van der Waals surface area contributed by atoms with Crippen LogP contribution in [-0.2, 0) is 0 Å². The second-order valence-corrected chi connectivity index (χ2v) is 3.21. The SMILES string of the molecule is C=N/N=C(\NCN)SCCCC. The van der Waals surface area contributed by atoms with Crippen molar-refractivity contribution in [3.63, 3.8) is 0 Å². The zero-order valence-electron chi connectivity index (χ0n) is 7.42. The van der Waals surface area contributed by atoms with E-state index in [4.69, 9.17) is 5.73 Å². The second-order valence-electron chi connectivity index (χ2n) is 2.13. The van der Waals surface area contributed by atoms with Gasteiger partial charge in [-0.1, -0.05) is 25.1 Å². The Morgan fingerprint density at radius 2 is 2.42 bits per heavy atom. The highest BCUT2D eigenvalue weighted by atomic mass is 32.2. The van der Waals surface area contributed by atoms with Gasteiger partial charge in [0.15, 0.2) is 5.17 Å². The van der Waals surface area contributed by atoms with Gasteiger partial charge in [0.1, 0.15) is 0 Å². The molecule has 0 unspecified atom stereocenters. The maximum Gasteiger partial charge on any atom is 0.184 e. The largest absolute Gasteiger partial charge is 0.351 e. The lowest BCUT2D eigenvalue weighted by Crippen LogP contribution is -2.27. The molecule has 0 rings (SSSR count). The fourth-order valence-corrected chi connectivity index (χ4v) is 1.51. The third-order valence-corrected chi connectivity index (χ3v) is 2.14. The molecular weight excluding hydrogens is 172 g/mol. The van der Waals surface area contributed by atoms with Crippen molar-refractivity contribution in [2.75, 3.05) is 12.4 Å². The van der Waals surface area contributed by atoms with E-state index in [9.17, 15) is 0 Å². The number of thioether (sulfide) groups is 1. The number of nitrogens with one attached hydrogen (secondary N) is 1. The average molecular weight is 188 g/mol. The Morgan fingerprint density at radius 1 is 1.67 bits per heavy atom. The van der Waals surface area contributed by atoms with Gasteiger partial charge < -0.3 is 11.1 Å². The molecule has 0 spiro atoms. The first-order valence-electron chi connectivity index (χ1n) is 3.95. The molecule has 0 saturated heterocycles. The summed E-state index contributed by atoms with van der Waals surface area (Å²) in [5.41, 5.74) is 5.30. The lowest BCUT2D eigenvalue weighted by atomic mass is 10.4. The van der Waals surface area contributed by atoms with Gasteiger partial charge in [0, 0.05) is 12.5 Å². The van der Waals surface area contributed by atoms with Gasteiger partial charge in [-0.3, -0.25) is 0 Å². The maximum absolute atomic E-state index is 5.30. The van der Waals surface area contributed by atoms with Crippen molar-refractivity contribution < 1.29 is 0 Å². The van der Waals surface area contributed by atoms with Crippen LogP contribution in [0.2, 0.25) is 0 Å². The van der Waals surface area contributed by atoms with Crippen LogP contribution in [0.5, 0.6) is 0 Å². The van der Waals surface area contributed by atoms with Crippen LogP contribution in [0.3, 0.4) is 0 Å². The number of nitrogens with zero attached hydrogens (tertiary/aromatic N) is 2. The van der Waals surface area contributed by atoms with Crippen LogP contribution in [0.1, 0.15) is 19.8 Å². The molecule has 0 saturated carbocycles. The first kappa shape index (κ1) is 11.4. The number of amidine groups is 1. The van der Waals surface area contributed by atoms with Crippen molar-refractivity contribution in [3.05, 3.63) is 0 Å². The zero-order chi connectivity index (χ0) is 9.23. The van der Waals surface area contributed by atoms with E-state index in [1.54, 1.807) is 11.8 Å². The molecule has 0 bridgehead atoms. The summed E-state index contributed by atoms with van der Waals surface area (Å²) in [6, 6.07) is 0. The Labute approximate surface area is 77.7 Å². The highest BCUT2D eigenvalue weighted by Gasteiger charge is 1.96. The van der Waals surface area contributed by atoms with Gasteiger partial charge in [0.25, 0.3) is 0 Å². The quantitative estimate of drug-likeness (QED) is 0.222. The molecule has 0 atom stereocenters. The van der Waals surface area contributed by atoms with Gasteiger partial charge in [-0.2, -0.15) is 5.10 Å². The number of hydrogen-bond donors (Lipinski definition) is 2. The van der Waals surface area contributed by atoms with Crippen LogP contribution >= 0.6 is 11.8 Å². The van der Waals surface area contributed by atoms with Crippen molar-refractivity contribution in [3.8, 4) is 0 Å². The Balaban J connectivity index is 3.63. The molecule has 0 aliphatic carbocycles. The molecule has 0 aromatic carbocycles. The van der Waals surface area contributed by atoms with Gasteiger partial charge in [-0.05, 0) is 6.42 Å². The van der Waals surface area contributed by atoms with E-state index in [0.717, 1.165) is 10.9 Å². The van der Waals surface area contributed by atoms with Crippen LogP contribution in [0, 0.1) is 0 Å². The van der Waals surface area contributed by atoms with Crippen molar-refractivity contribution in [1.82, 2.24) is 5.32 Å². The lowest BCUT2D eigenvalue weighted by Gasteiger charge is -2.03. The van der Waals surface area contributed by atoms with Crippen LogP contribution in [0.25, 0.3) is 0 Å². The normalized spacial score (nSPS) is 11.3. The predicted molar refractivity (Wildman–Crippen MR) is 56.5 cm³/mol. The summed E-state index contributed by atoms with van der Waals surface area (Å²) in [6.07, 6.45) is 2.36. The van der Waals surface area contributed by atoms with Gasteiger partial charge in [0.2, 0.25) is 0 Å². The lowest BCUT2D eigenvalue weighted by molar-refractivity contribution is 0.895. The molecule has 0 aromatic heterocycles. The van der Waals surface area contributed by atoms with Crippen LogP contribution in [-0.4, -0.2) is 24.3 Å². The minimum atomic E-state index is 0.382. The van der Waals surface area contributed by atoms with E-state index >= 15 is 0 Å². The van der Waals surface area contributed by atoms with Gasteiger partial charge in [0.05, 0.1) is 6.67 Å². The van der Waals surface area contributed by atoms with E-state index in [1.165, 1.54) is 12.8 Å². The van der Waals surface area contributed by atoms with Gasteiger partial charge in [-0.15, -0.1) is 5.10 Å². The summed E-state index contributed by atoms with van der Waals surface area (Å²) >= 11 is 1.62. The topological polar surface area (TPSA) is 62.8 Å². The van der Waals surface area contributed by atoms with E-state index in [0.29, 0.717) is 6.67 Å². The highest BCUT2D eigenvalue weighted by Crippen LogP contribution is 2.05. The Bertz CT molecular complexity index is 146. The molecule has 0 aromatic rings. The number of unbranched alkanes of at least 4 members (excludes halogenated alkanes) is 1. The molecule has 0 radical (unpaired) electrons. The van der Waals surface area contributed by atoms with E-state index in [1.807, 2.05) is 0 Å². The Hall–Kier alpha value is -0.550. The van der Waals surface area contributed by atoms with Gasteiger partial charge in [-0.25, -0.2) is 0 Å². The first-order valence-corrected chi connectivity index (χ1v) is 4.94. The molecule has 5 heteroatoms. The second kappa shape index (κ2) is 8.55. The smallest absolute Gasteiger partial charge is 0.184 e. The van der Waals surface area contributed by atoms with Crippen molar-refractivity contribution >= 4 is 23.6 Å². The molecule has 4 nitrogen and oxygen atoms in total.